The van der Waals surface area contributed by atoms with Crippen molar-refractivity contribution >= 4 is 17.7 Å². The minimum atomic E-state index is -0.362. The summed E-state index contributed by atoms with van der Waals surface area (Å²) in [6, 6.07) is 7.23. The lowest BCUT2D eigenvalue weighted by Gasteiger charge is -2.03. The van der Waals surface area contributed by atoms with Crippen LogP contribution in [0.2, 0.25) is 0 Å². The van der Waals surface area contributed by atoms with Crippen LogP contribution in [-0.2, 0) is 19.0 Å². The van der Waals surface area contributed by atoms with E-state index in [1.807, 2.05) is 12.1 Å². The highest BCUT2D eigenvalue weighted by atomic mass is 16.5. The minimum Gasteiger partial charge on any atom is -0.462 e. The van der Waals surface area contributed by atoms with E-state index in [0.29, 0.717) is 38.5 Å². The van der Waals surface area contributed by atoms with Crippen LogP contribution >= 0.6 is 0 Å². The van der Waals surface area contributed by atoms with Crippen LogP contribution in [0.4, 0.5) is 5.69 Å². The molecule has 0 aliphatic rings. The first kappa shape index (κ1) is 16.2. The van der Waals surface area contributed by atoms with Gasteiger partial charge in [0, 0.05) is 31.9 Å². The van der Waals surface area contributed by atoms with E-state index in [4.69, 9.17) is 19.9 Å². The smallest absolute Gasteiger partial charge is 0.330 e. The van der Waals surface area contributed by atoms with Gasteiger partial charge in [0.2, 0.25) is 0 Å². The monoisotopic (exact) mass is 279 g/mol. The number of esters is 1. The number of hydrogen-bond acceptors (Lipinski definition) is 5. The summed E-state index contributed by atoms with van der Waals surface area (Å²) in [5.41, 5.74) is 7.17. The van der Waals surface area contributed by atoms with Gasteiger partial charge in [-0.1, -0.05) is 12.1 Å². The van der Waals surface area contributed by atoms with Crippen LogP contribution in [-0.4, -0.2) is 39.5 Å². The molecule has 20 heavy (non-hydrogen) atoms. The lowest BCUT2D eigenvalue weighted by molar-refractivity contribution is -0.138. The number of hydrogen-bond donors (Lipinski definition) is 1. The lowest BCUT2D eigenvalue weighted by Crippen LogP contribution is -2.07. The van der Waals surface area contributed by atoms with Crippen LogP contribution in [0.25, 0.3) is 6.08 Å². The molecule has 1 rings (SSSR count). The third kappa shape index (κ3) is 7.56. The Balaban J connectivity index is 2.12. The van der Waals surface area contributed by atoms with Gasteiger partial charge in [0.05, 0.1) is 19.8 Å². The minimum absolute atomic E-state index is 0.345. The molecule has 0 heterocycles. The molecule has 0 saturated carbocycles. The van der Waals surface area contributed by atoms with E-state index in [9.17, 15) is 4.79 Å². The number of rotatable bonds is 9. The fourth-order valence-corrected chi connectivity index (χ4v) is 1.40. The van der Waals surface area contributed by atoms with Crippen LogP contribution in [0.5, 0.6) is 0 Å². The number of ether oxygens (including phenoxy) is 3. The summed E-state index contributed by atoms with van der Waals surface area (Å²) in [5.74, 6) is -0.362. The zero-order chi connectivity index (χ0) is 14.6. The van der Waals surface area contributed by atoms with E-state index >= 15 is 0 Å². The van der Waals surface area contributed by atoms with Crippen molar-refractivity contribution in [3.05, 3.63) is 35.9 Å². The third-order valence-corrected chi connectivity index (χ3v) is 2.46. The second-order valence-electron chi connectivity index (χ2n) is 4.13. The van der Waals surface area contributed by atoms with Crippen molar-refractivity contribution in [2.75, 3.05) is 39.3 Å². The second kappa shape index (κ2) is 10.00. The zero-order valence-corrected chi connectivity index (χ0v) is 11.7. The fraction of sp³-hybridized carbons (Fsp3) is 0.400. The van der Waals surface area contributed by atoms with E-state index in [1.54, 1.807) is 25.3 Å². The summed E-state index contributed by atoms with van der Waals surface area (Å²) >= 11 is 0. The number of nitrogen functional groups attached to an aromatic ring is 1. The Hall–Kier alpha value is -1.85. The second-order valence-corrected chi connectivity index (χ2v) is 4.13. The molecule has 0 atom stereocenters. The van der Waals surface area contributed by atoms with Gasteiger partial charge in [0.15, 0.2) is 0 Å². The molecule has 0 aromatic heterocycles. The summed E-state index contributed by atoms with van der Waals surface area (Å²) in [7, 11) is 1.62. The summed E-state index contributed by atoms with van der Waals surface area (Å²) < 4.78 is 15.1. The largest absolute Gasteiger partial charge is 0.462 e. The molecule has 0 aliphatic carbocycles. The van der Waals surface area contributed by atoms with Crippen LogP contribution < -0.4 is 5.73 Å². The quantitative estimate of drug-likeness (QED) is 0.323. The van der Waals surface area contributed by atoms with Crippen molar-refractivity contribution in [1.82, 2.24) is 0 Å². The van der Waals surface area contributed by atoms with Gasteiger partial charge >= 0.3 is 5.97 Å². The lowest BCUT2D eigenvalue weighted by atomic mass is 10.2. The maximum Gasteiger partial charge on any atom is 0.330 e. The predicted octanol–water partition coefficient (Wildman–Crippen LogP) is 1.88. The fourth-order valence-electron chi connectivity index (χ4n) is 1.40. The molecule has 1 aromatic carbocycles. The molecule has 0 amide bonds. The van der Waals surface area contributed by atoms with Crippen molar-refractivity contribution in [3.63, 3.8) is 0 Å². The Kier molecular flexibility index (Phi) is 8.10. The Morgan fingerprint density at radius 2 is 1.90 bits per heavy atom. The summed E-state index contributed by atoms with van der Waals surface area (Å²) in [6.45, 7) is 2.03. The molecular weight excluding hydrogens is 258 g/mol. The summed E-state index contributed by atoms with van der Waals surface area (Å²) in [5, 5.41) is 0. The Bertz CT molecular complexity index is 414. The molecule has 0 saturated heterocycles. The average Bonchev–Trinajstić information content (AvgIpc) is 2.46. The predicted molar refractivity (Wildman–Crippen MR) is 78.2 cm³/mol. The van der Waals surface area contributed by atoms with Gasteiger partial charge in [-0.25, -0.2) is 4.79 Å². The molecule has 0 spiro atoms. The molecular formula is C15H21NO4. The number of carbonyl (C=O) groups is 1. The highest BCUT2D eigenvalue weighted by Gasteiger charge is 1.97. The van der Waals surface area contributed by atoms with Crippen LogP contribution in [0.3, 0.4) is 0 Å². The zero-order valence-electron chi connectivity index (χ0n) is 11.7. The molecule has 2 N–H and O–H groups in total. The van der Waals surface area contributed by atoms with Gasteiger partial charge in [-0.15, -0.1) is 0 Å². The van der Waals surface area contributed by atoms with Gasteiger partial charge in [-0.3, -0.25) is 0 Å². The van der Waals surface area contributed by atoms with Gasteiger partial charge in [0.1, 0.15) is 0 Å². The first-order valence-corrected chi connectivity index (χ1v) is 6.49. The van der Waals surface area contributed by atoms with Gasteiger partial charge < -0.3 is 19.9 Å². The molecule has 0 aliphatic heterocycles. The van der Waals surface area contributed by atoms with E-state index in [-0.39, 0.29) is 5.97 Å². The normalized spacial score (nSPS) is 10.8. The molecule has 0 unspecified atom stereocenters. The number of benzene rings is 1. The average molecular weight is 279 g/mol. The van der Waals surface area contributed by atoms with Gasteiger partial charge in [0.25, 0.3) is 0 Å². The number of carbonyl (C=O) groups excluding carboxylic acids is 1. The number of nitrogens with two attached hydrogens (primary N) is 1. The van der Waals surface area contributed by atoms with E-state index in [2.05, 4.69) is 0 Å². The first-order valence-electron chi connectivity index (χ1n) is 6.49. The summed E-state index contributed by atoms with van der Waals surface area (Å²) in [6.07, 6.45) is 3.76. The van der Waals surface area contributed by atoms with Crippen molar-refractivity contribution < 1.29 is 19.0 Å². The third-order valence-electron chi connectivity index (χ3n) is 2.46. The molecule has 0 fully saturated rings. The van der Waals surface area contributed by atoms with Crippen LogP contribution in [0.1, 0.15) is 12.0 Å². The molecule has 0 radical (unpaired) electrons. The van der Waals surface area contributed by atoms with Gasteiger partial charge in [-0.05, 0) is 23.8 Å². The van der Waals surface area contributed by atoms with Gasteiger partial charge in [-0.2, -0.15) is 0 Å². The first-order chi connectivity index (χ1) is 9.72. The van der Waals surface area contributed by atoms with E-state index in [0.717, 1.165) is 5.56 Å². The highest BCUT2D eigenvalue weighted by Crippen LogP contribution is 2.07. The van der Waals surface area contributed by atoms with Crippen LogP contribution in [0, 0.1) is 0 Å². The standard InChI is InChI=1S/C15H21NO4/c1-18-11-12-19-9-2-10-20-15(17)8-5-13-3-6-14(16)7-4-13/h3-8H,2,9-12,16H2,1H3/b8-5+. The molecule has 5 heteroatoms. The van der Waals surface area contributed by atoms with E-state index in [1.165, 1.54) is 6.08 Å². The van der Waals surface area contributed by atoms with Crippen molar-refractivity contribution in [2.45, 2.75) is 6.42 Å². The molecule has 1 aromatic rings. The van der Waals surface area contributed by atoms with Crippen molar-refractivity contribution in [1.29, 1.82) is 0 Å². The van der Waals surface area contributed by atoms with Crippen molar-refractivity contribution in [2.24, 2.45) is 0 Å². The highest BCUT2D eigenvalue weighted by molar-refractivity contribution is 5.87. The Morgan fingerprint density at radius 3 is 2.60 bits per heavy atom. The molecule has 110 valence electrons. The van der Waals surface area contributed by atoms with Crippen LogP contribution in [0.15, 0.2) is 30.3 Å². The Labute approximate surface area is 119 Å². The molecule has 5 nitrogen and oxygen atoms in total. The SMILES string of the molecule is COCCOCCCOC(=O)/C=C/c1ccc(N)cc1. The molecule has 0 bridgehead atoms. The van der Waals surface area contributed by atoms with Crippen molar-refractivity contribution in [3.8, 4) is 0 Å². The summed E-state index contributed by atoms with van der Waals surface area (Å²) in [4.78, 5) is 11.4. The number of anilines is 1. The maximum atomic E-state index is 11.4. The Morgan fingerprint density at radius 1 is 1.15 bits per heavy atom. The topological polar surface area (TPSA) is 70.8 Å². The number of methoxy groups -OCH3 is 1. The van der Waals surface area contributed by atoms with E-state index < -0.39 is 0 Å². The maximum absolute atomic E-state index is 11.4.